The second-order valence-electron chi connectivity index (χ2n) is 10.8. The number of hydrogen-bond acceptors (Lipinski definition) is 8. The van der Waals surface area contributed by atoms with E-state index in [1.807, 2.05) is 41.3 Å². The first-order chi connectivity index (χ1) is 18.9. The topological polar surface area (TPSA) is 86.1 Å². The van der Waals surface area contributed by atoms with Crippen molar-refractivity contribution in [2.45, 2.75) is 32.0 Å². The summed E-state index contributed by atoms with van der Waals surface area (Å²) in [5.74, 6) is 2.68. The Labute approximate surface area is 232 Å². The fourth-order valence-corrected chi connectivity index (χ4v) is 6.66. The number of anilines is 1. The molecule has 6 rings (SSSR count). The summed E-state index contributed by atoms with van der Waals surface area (Å²) in [4.78, 5) is 36.2. The maximum absolute atomic E-state index is 14.0. The Bertz CT molecular complexity index is 1430. The van der Waals surface area contributed by atoms with Crippen LogP contribution in [0.25, 0.3) is 10.9 Å². The first-order valence-electron chi connectivity index (χ1n) is 13.6. The van der Waals surface area contributed by atoms with Crippen molar-refractivity contribution in [1.29, 1.82) is 0 Å². The van der Waals surface area contributed by atoms with Gasteiger partial charge in [-0.2, -0.15) is 0 Å². The normalized spacial score (nSPS) is 21.0. The van der Waals surface area contributed by atoms with Crippen LogP contribution in [0.5, 0.6) is 11.5 Å². The molecule has 2 atom stereocenters. The number of piperidine rings is 1. The summed E-state index contributed by atoms with van der Waals surface area (Å²) >= 11 is 1.33. The van der Waals surface area contributed by atoms with Crippen molar-refractivity contribution < 1.29 is 19.0 Å². The van der Waals surface area contributed by atoms with Crippen molar-refractivity contribution >= 4 is 34.3 Å². The van der Waals surface area contributed by atoms with Crippen molar-refractivity contribution in [1.82, 2.24) is 14.5 Å². The van der Waals surface area contributed by atoms with Gasteiger partial charge in [-0.1, -0.05) is 31.7 Å². The van der Waals surface area contributed by atoms with Gasteiger partial charge in [0.05, 0.1) is 36.4 Å². The predicted molar refractivity (Wildman–Crippen MR) is 151 cm³/mol. The molecular formula is C29H34N4O5S. The number of morpholine rings is 1. The van der Waals surface area contributed by atoms with E-state index >= 15 is 0 Å². The average Bonchev–Trinajstić information content (AvgIpc) is 3.41. The molecule has 1 aromatic heterocycles. The molecule has 1 amide bonds. The fourth-order valence-electron chi connectivity index (χ4n) is 5.76. The lowest BCUT2D eigenvalue weighted by Crippen LogP contribution is -2.43. The minimum Gasteiger partial charge on any atom is -0.454 e. The summed E-state index contributed by atoms with van der Waals surface area (Å²) in [5, 5.41) is 1.10. The Morgan fingerprint density at radius 2 is 1.79 bits per heavy atom. The van der Waals surface area contributed by atoms with E-state index in [9.17, 15) is 9.59 Å². The largest absolute Gasteiger partial charge is 0.454 e. The van der Waals surface area contributed by atoms with Gasteiger partial charge >= 0.3 is 0 Å². The molecule has 206 valence electrons. The Balaban J connectivity index is 1.33. The van der Waals surface area contributed by atoms with Gasteiger partial charge in [0.1, 0.15) is 0 Å². The number of nitrogens with zero attached hydrogens (tertiary/aromatic N) is 4. The van der Waals surface area contributed by atoms with Gasteiger partial charge in [0, 0.05) is 31.9 Å². The molecule has 0 N–H and O–H groups in total. The smallest absolute Gasteiger partial charge is 0.262 e. The van der Waals surface area contributed by atoms with Gasteiger partial charge in [-0.3, -0.25) is 14.2 Å². The van der Waals surface area contributed by atoms with Crippen molar-refractivity contribution in [3.05, 3.63) is 52.3 Å². The van der Waals surface area contributed by atoms with Crippen LogP contribution in [0, 0.1) is 11.8 Å². The van der Waals surface area contributed by atoms with Crippen LogP contribution in [0.2, 0.25) is 0 Å². The third-order valence-electron chi connectivity index (χ3n) is 7.60. The van der Waals surface area contributed by atoms with E-state index in [1.165, 1.54) is 11.8 Å². The number of rotatable bonds is 6. The minimum atomic E-state index is -0.122. The van der Waals surface area contributed by atoms with Crippen LogP contribution in [0.4, 0.5) is 5.69 Å². The monoisotopic (exact) mass is 550 g/mol. The van der Waals surface area contributed by atoms with Gasteiger partial charge in [0.15, 0.2) is 16.7 Å². The second-order valence-corrected chi connectivity index (χ2v) is 11.8. The number of ether oxygens (including phenoxy) is 3. The van der Waals surface area contributed by atoms with E-state index in [1.54, 1.807) is 4.57 Å². The quantitative estimate of drug-likeness (QED) is 0.340. The lowest BCUT2D eigenvalue weighted by atomic mass is 9.92. The molecule has 9 nitrogen and oxygen atoms in total. The first-order valence-corrected chi connectivity index (χ1v) is 14.6. The van der Waals surface area contributed by atoms with Gasteiger partial charge in [0.25, 0.3) is 5.56 Å². The van der Waals surface area contributed by atoms with Gasteiger partial charge < -0.3 is 24.0 Å². The lowest BCUT2D eigenvalue weighted by molar-refractivity contribution is -0.130. The van der Waals surface area contributed by atoms with Crippen molar-refractivity contribution in [2.24, 2.45) is 11.8 Å². The highest BCUT2D eigenvalue weighted by Crippen LogP contribution is 2.33. The third kappa shape index (κ3) is 5.58. The highest BCUT2D eigenvalue weighted by molar-refractivity contribution is 7.99. The number of fused-ring (bicyclic) bond motifs is 2. The molecular weight excluding hydrogens is 516 g/mol. The summed E-state index contributed by atoms with van der Waals surface area (Å²) in [5.41, 5.74) is 2.40. The van der Waals surface area contributed by atoms with Crippen molar-refractivity contribution in [2.75, 3.05) is 56.8 Å². The lowest BCUT2D eigenvalue weighted by Gasteiger charge is -2.35. The summed E-state index contributed by atoms with van der Waals surface area (Å²) in [6.45, 7) is 9.37. The van der Waals surface area contributed by atoms with E-state index in [4.69, 9.17) is 19.2 Å². The van der Waals surface area contributed by atoms with Crippen molar-refractivity contribution in [3.8, 4) is 11.5 Å². The van der Waals surface area contributed by atoms with Gasteiger partial charge in [-0.15, -0.1) is 0 Å². The van der Waals surface area contributed by atoms with Crippen LogP contribution in [-0.4, -0.2) is 72.3 Å². The predicted octanol–water partition coefficient (Wildman–Crippen LogP) is 3.61. The molecule has 2 unspecified atom stereocenters. The standard InChI is InChI=1S/C29H34N4O5S/c1-19-11-20(2)15-32(14-19)27(34)17-39-29-30-24-5-4-22(31-7-9-36-10-8-31)13-23(24)28(35)33(29)16-21-3-6-25-26(12-21)38-18-37-25/h3-6,12-13,19-20H,7-11,14-18H2,1-2H3. The van der Waals surface area contributed by atoms with Crippen LogP contribution in [-0.2, 0) is 16.1 Å². The van der Waals surface area contributed by atoms with E-state index in [0.717, 1.165) is 43.9 Å². The number of likely N-dealkylation sites (tertiary alicyclic amines) is 1. The molecule has 3 aliphatic rings. The molecule has 0 radical (unpaired) electrons. The van der Waals surface area contributed by atoms with Gasteiger partial charge in [-0.25, -0.2) is 4.98 Å². The Hall–Kier alpha value is -3.24. The molecule has 3 aromatic rings. The van der Waals surface area contributed by atoms with Crippen LogP contribution in [0.15, 0.2) is 46.3 Å². The zero-order valence-electron chi connectivity index (χ0n) is 22.4. The fraction of sp³-hybridized carbons (Fsp3) is 0.483. The average molecular weight is 551 g/mol. The molecule has 0 saturated carbocycles. The van der Waals surface area contributed by atoms with E-state index in [0.29, 0.717) is 59.2 Å². The number of amides is 1. The Morgan fingerprint density at radius 1 is 1.03 bits per heavy atom. The molecule has 10 heteroatoms. The SMILES string of the molecule is CC1CC(C)CN(C(=O)CSc2nc3ccc(N4CCOCC4)cc3c(=O)n2Cc2ccc3c(c2)OCO3)C1. The molecule has 2 aromatic carbocycles. The van der Waals surface area contributed by atoms with Gasteiger partial charge in [-0.05, 0) is 54.2 Å². The molecule has 2 fully saturated rings. The second kappa shape index (κ2) is 11.1. The number of carbonyl (C=O) groups excluding carboxylic acids is 1. The Morgan fingerprint density at radius 3 is 2.59 bits per heavy atom. The Kier molecular flexibility index (Phi) is 7.40. The zero-order chi connectivity index (χ0) is 26.9. The number of hydrogen-bond donors (Lipinski definition) is 0. The molecule has 0 aliphatic carbocycles. The minimum absolute atomic E-state index is 0.0880. The summed E-state index contributed by atoms with van der Waals surface area (Å²) in [6.07, 6.45) is 1.14. The van der Waals surface area contributed by atoms with Crippen LogP contribution in [0.1, 0.15) is 25.8 Å². The third-order valence-corrected chi connectivity index (χ3v) is 8.56. The first kappa shape index (κ1) is 26.0. The number of aromatic nitrogens is 2. The molecule has 0 spiro atoms. The summed E-state index contributed by atoms with van der Waals surface area (Å²) in [6, 6.07) is 11.6. The zero-order valence-corrected chi connectivity index (χ0v) is 23.2. The van der Waals surface area contributed by atoms with E-state index in [2.05, 4.69) is 18.7 Å². The molecule has 39 heavy (non-hydrogen) atoms. The van der Waals surface area contributed by atoms with E-state index < -0.39 is 0 Å². The molecule has 0 bridgehead atoms. The molecule has 2 saturated heterocycles. The summed E-state index contributed by atoms with van der Waals surface area (Å²) in [7, 11) is 0. The maximum Gasteiger partial charge on any atom is 0.262 e. The molecule has 3 aliphatic heterocycles. The van der Waals surface area contributed by atoms with Crippen molar-refractivity contribution in [3.63, 3.8) is 0 Å². The number of benzene rings is 2. The maximum atomic E-state index is 14.0. The summed E-state index contributed by atoms with van der Waals surface area (Å²) < 4.78 is 18.2. The highest BCUT2D eigenvalue weighted by Gasteiger charge is 2.26. The highest BCUT2D eigenvalue weighted by atomic mass is 32.2. The van der Waals surface area contributed by atoms with Gasteiger partial charge in [0.2, 0.25) is 12.7 Å². The number of carbonyl (C=O) groups is 1. The van der Waals surface area contributed by atoms with Crippen LogP contribution in [0.3, 0.4) is 0 Å². The molecule has 4 heterocycles. The number of thioether (sulfide) groups is 1. The van der Waals surface area contributed by atoms with E-state index in [-0.39, 0.29) is 24.0 Å². The van der Waals surface area contributed by atoms with Crippen LogP contribution >= 0.6 is 11.8 Å². The van der Waals surface area contributed by atoms with Crippen LogP contribution < -0.4 is 19.9 Å².